The van der Waals surface area contributed by atoms with Crippen molar-refractivity contribution in [2.75, 3.05) is 0 Å². The van der Waals surface area contributed by atoms with Crippen LogP contribution >= 0.6 is 38.9 Å². The summed E-state index contributed by atoms with van der Waals surface area (Å²) in [7, 11) is 0. The average Bonchev–Trinajstić information content (AvgIpc) is 3.09. The van der Waals surface area contributed by atoms with Gasteiger partial charge in [-0.1, -0.05) is 63.1 Å². The molecule has 0 fully saturated rings. The summed E-state index contributed by atoms with van der Waals surface area (Å²) in [6, 6.07) is 15.0. The summed E-state index contributed by atoms with van der Waals surface area (Å²) in [6.07, 6.45) is 1.86. The lowest BCUT2D eigenvalue weighted by atomic mass is 10.2. The van der Waals surface area contributed by atoms with Crippen molar-refractivity contribution in [3.05, 3.63) is 78.5 Å². The molecule has 0 amide bonds. The maximum Gasteiger partial charge on any atom is 0.276 e. The molecule has 0 radical (unpaired) electrons. The molecule has 0 spiro atoms. The Morgan fingerprint density at radius 3 is 2.75 bits per heavy atom. The lowest BCUT2D eigenvalue weighted by Crippen LogP contribution is -2.23. The van der Waals surface area contributed by atoms with E-state index in [1.807, 2.05) is 42.5 Å². The zero-order chi connectivity index (χ0) is 16.7. The van der Waals surface area contributed by atoms with Gasteiger partial charge in [-0.15, -0.1) is 10.2 Å². The Kier molecular flexibility index (Phi) is 3.96. The molecule has 4 nitrogen and oxygen atoms in total. The first-order valence-corrected chi connectivity index (χ1v) is 9.02. The molecule has 0 aliphatic heterocycles. The molecule has 2 aromatic carbocycles. The molecule has 0 N–H and O–H groups in total. The predicted octanol–water partition coefficient (Wildman–Crippen LogP) is 3.78. The Balaban J connectivity index is 1.93. The standard InChI is InChI=1S/C17H9BrClN3OS/c18-12-5-1-3-10(7-12)8-14-16(23)22-15(20-21-17(22)24-14)11-4-2-6-13(19)9-11/h1-9H. The molecule has 0 saturated carbocycles. The van der Waals surface area contributed by atoms with Gasteiger partial charge in [0.25, 0.3) is 5.56 Å². The van der Waals surface area contributed by atoms with E-state index in [0.717, 1.165) is 15.6 Å². The maximum absolute atomic E-state index is 12.8. The Bertz CT molecular complexity index is 1170. The number of nitrogens with zero attached hydrogens (tertiary/aromatic N) is 3. The molecule has 24 heavy (non-hydrogen) atoms. The third-order valence-corrected chi connectivity index (χ3v) is 5.17. The summed E-state index contributed by atoms with van der Waals surface area (Å²) in [5.74, 6) is 0.502. The number of aromatic nitrogens is 3. The highest BCUT2D eigenvalue weighted by molar-refractivity contribution is 9.10. The van der Waals surface area contributed by atoms with Gasteiger partial charge in [-0.25, -0.2) is 4.40 Å². The number of hydrogen-bond donors (Lipinski definition) is 0. The quantitative estimate of drug-likeness (QED) is 0.498. The predicted molar refractivity (Wildman–Crippen MR) is 101 cm³/mol. The molecule has 4 aromatic rings. The molecular formula is C17H9BrClN3OS. The Labute approximate surface area is 154 Å². The minimum atomic E-state index is -0.130. The number of rotatable bonds is 2. The monoisotopic (exact) mass is 417 g/mol. The first kappa shape index (κ1) is 15.5. The van der Waals surface area contributed by atoms with Crippen molar-refractivity contribution in [2.45, 2.75) is 0 Å². The molecule has 0 unspecified atom stereocenters. The highest BCUT2D eigenvalue weighted by Crippen LogP contribution is 2.21. The van der Waals surface area contributed by atoms with Crippen molar-refractivity contribution < 1.29 is 0 Å². The van der Waals surface area contributed by atoms with Gasteiger partial charge in [0.05, 0.1) is 4.53 Å². The minimum Gasteiger partial charge on any atom is -0.267 e. The van der Waals surface area contributed by atoms with E-state index in [2.05, 4.69) is 26.1 Å². The summed E-state index contributed by atoms with van der Waals surface area (Å²) >= 11 is 10.8. The third-order valence-electron chi connectivity index (χ3n) is 3.48. The highest BCUT2D eigenvalue weighted by atomic mass is 79.9. The molecule has 2 aromatic heterocycles. The van der Waals surface area contributed by atoms with Crippen LogP contribution in [-0.4, -0.2) is 14.6 Å². The van der Waals surface area contributed by atoms with Gasteiger partial charge in [0.15, 0.2) is 5.82 Å². The van der Waals surface area contributed by atoms with Crippen molar-refractivity contribution in [3.63, 3.8) is 0 Å². The van der Waals surface area contributed by atoms with Crippen LogP contribution in [0.3, 0.4) is 0 Å². The van der Waals surface area contributed by atoms with E-state index in [4.69, 9.17) is 11.6 Å². The first-order chi connectivity index (χ1) is 11.6. The van der Waals surface area contributed by atoms with Gasteiger partial charge in [-0.3, -0.25) is 4.79 Å². The van der Waals surface area contributed by atoms with Crippen LogP contribution in [0.4, 0.5) is 0 Å². The Morgan fingerprint density at radius 1 is 1.12 bits per heavy atom. The second-order valence-electron chi connectivity index (χ2n) is 5.12. The van der Waals surface area contributed by atoms with Crippen molar-refractivity contribution >= 4 is 49.9 Å². The van der Waals surface area contributed by atoms with Gasteiger partial charge in [-0.05, 0) is 35.9 Å². The first-order valence-electron chi connectivity index (χ1n) is 7.03. The molecule has 0 bridgehead atoms. The average molecular weight is 419 g/mol. The van der Waals surface area contributed by atoms with Crippen LogP contribution < -0.4 is 10.1 Å². The molecule has 0 aliphatic carbocycles. The fourth-order valence-electron chi connectivity index (χ4n) is 2.42. The number of hydrogen-bond acceptors (Lipinski definition) is 4. The molecular weight excluding hydrogens is 410 g/mol. The normalized spacial score (nSPS) is 12.2. The number of benzene rings is 2. The SMILES string of the molecule is O=c1c(=Cc2cccc(Br)c2)sc2nnc(-c3cccc(Cl)c3)n12. The Morgan fingerprint density at radius 2 is 1.96 bits per heavy atom. The number of thiazole rings is 1. The molecule has 2 heterocycles. The van der Waals surface area contributed by atoms with Crippen LogP contribution in [0.5, 0.6) is 0 Å². The Hall–Kier alpha value is -2.02. The minimum absolute atomic E-state index is 0.130. The number of fused-ring (bicyclic) bond motifs is 1. The van der Waals surface area contributed by atoms with Crippen LogP contribution in [0.2, 0.25) is 5.02 Å². The van der Waals surface area contributed by atoms with Crippen molar-refractivity contribution in [3.8, 4) is 11.4 Å². The highest BCUT2D eigenvalue weighted by Gasteiger charge is 2.14. The van der Waals surface area contributed by atoms with E-state index in [-0.39, 0.29) is 5.56 Å². The van der Waals surface area contributed by atoms with Gasteiger partial charge in [-0.2, -0.15) is 0 Å². The molecule has 118 valence electrons. The second-order valence-corrected chi connectivity index (χ2v) is 7.48. The van der Waals surface area contributed by atoms with Crippen molar-refractivity contribution in [1.82, 2.24) is 14.6 Å². The van der Waals surface area contributed by atoms with E-state index in [9.17, 15) is 4.79 Å². The largest absolute Gasteiger partial charge is 0.276 e. The molecule has 0 saturated heterocycles. The summed E-state index contributed by atoms with van der Waals surface area (Å²) < 4.78 is 3.10. The van der Waals surface area contributed by atoms with Crippen molar-refractivity contribution in [1.29, 1.82) is 0 Å². The lowest BCUT2D eigenvalue weighted by Gasteiger charge is -1.97. The van der Waals surface area contributed by atoms with E-state index < -0.39 is 0 Å². The number of halogens is 2. The van der Waals surface area contributed by atoms with E-state index in [1.54, 1.807) is 12.1 Å². The fraction of sp³-hybridized carbons (Fsp3) is 0. The maximum atomic E-state index is 12.8. The third kappa shape index (κ3) is 2.77. The van der Waals surface area contributed by atoms with Crippen LogP contribution in [-0.2, 0) is 0 Å². The molecule has 0 aliphatic rings. The summed E-state index contributed by atoms with van der Waals surface area (Å²) in [5.41, 5.74) is 1.58. The van der Waals surface area contributed by atoms with E-state index in [1.165, 1.54) is 15.7 Å². The van der Waals surface area contributed by atoms with Gasteiger partial charge in [0.2, 0.25) is 4.96 Å². The summed E-state index contributed by atoms with van der Waals surface area (Å²) in [5, 5.41) is 8.85. The zero-order valence-corrected chi connectivity index (χ0v) is 15.3. The molecule has 4 rings (SSSR count). The zero-order valence-electron chi connectivity index (χ0n) is 12.1. The summed E-state index contributed by atoms with van der Waals surface area (Å²) in [4.78, 5) is 13.3. The van der Waals surface area contributed by atoms with Gasteiger partial charge in [0, 0.05) is 15.1 Å². The topological polar surface area (TPSA) is 47.3 Å². The molecule has 0 atom stereocenters. The van der Waals surface area contributed by atoms with Crippen LogP contribution in [0.1, 0.15) is 5.56 Å². The second kappa shape index (κ2) is 6.12. The van der Waals surface area contributed by atoms with Crippen LogP contribution in [0, 0.1) is 0 Å². The van der Waals surface area contributed by atoms with Gasteiger partial charge < -0.3 is 0 Å². The lowest BCUT2D eigenvalue weighted by molar-refractivity contribution is 1.09. The van der Waals surface area contributed by atoms with Crippen molar-refractivity contribution in [2.24, 2.45) is 0 Å². The van der Waals surface area contributed by atoms with Crippen LogP contribution in [0.25, 0.3) is 22.4 Å². The van der Waals surface area contributed by atoms with E-state index in [0.29, 0.717) is 20.3 Å². The molecule has 7 heteroatoms. The van der Waals surface area contributed by atoms with Gasteiger partial charge >= 0.3 is 0 Å². The van der Waals surface area contributed by atoms with Gasteiger partial charge in [0.1, 0.15) is 0 Å². The fourth-order valence-corrected chi connectivity index (χ4v) is 3.94. The van der Waals surface area contributed by atoms with Crippen LogP contribution in [0.15, 0.2) is 57.8 Å². The van der Waals surface area contributed by atoms with E-state index >= 15 is 0 Å². The summed E-state index contributed by atoms with van der Waals surface area (Å²) in [6.45, 7) is 0. The smallest absolute Gasteiger partial charge is 0.267 e.